The van der Waals surface area contributed by atoms with Crippen LogP contribution in [0.3, 0.4) is 0 Å². The summed E-state index contributed by atoms with van der Waals surface area (Å²) in [6.07, 6.45) is 23.0. The monoisotopic (exact) mass is 630 g/mol. The number of benzene rings is 2. The number of hydrogen-bond donors (Lipinski definition) is 0. The summed E-state index contributed by atoms with van der Waals surface area (Å²) < 4.78 is 0. The zero-order valence-electron chi connectivity index (χ0n) is 26.6. The van der Waals surface area contributed by atoms with Crippen LogP contribution in [0.1, 0.15) is 11.1 Å². The molecule has 2 aromatic carbocycles. The Kier molecular flexibility index (Phi) is 8.25. The Bertz CT molecular complexity index is 2260. The average Bonchev–Trinajstić information content (AvgIpc) is 3.19. The van der Waals surface area contributed by atoms with Gasteiger partial charge in [-0.05, 0) is 175 Å². The van der Waals surface area contributed by atoms with Gasteiger partial charge in [-0.1, -0.05) is 6.07 Å². The van der Waals surface area contributed by atoms with E-state index >= 15 is 0 Å². The lowest BCUT2D eigenvalue weighted by Crippen LogP contribution is -1.99. The van der Waals surface area contributed by atoms with E-state index < -0.39 is 0 Å². The van der Waals surface area contributed by atoms with E-state index in [9.17, 15) is 0 Å². The molecule has 6 heteroatoms. The Morgan fingerprint density at radius 2 is 0.592 bits per heavy atom. The van der Waals surface area contributed by atoms with Gasteiger partial charge in [0.1, 0.15) is 0 Å². The second-order valence-corrected chi connectivity index (χ2v) is 11.7. The fourth-order valence-corrected chi connectivity index (χ4v) is 6.50. The van der Waals surface area contributed by atoms with Crippen molar-refractivity contribution in [2.45, 2.75) is 6.42 Å². The van der Waals surface area contributed by atoms with Crippen molar-refractivity contribution in [1.29, 1.82) is 0 Å². The summed E-state index contributed by atoms with van der Waals surface area (Å²) in [5, 5.41) is 0. The highest BCUT2D eigenvalue weighted by molar-refractivity contribution is 5.98. The van der Waals surface area contributed by atoms with Crippen LogP contribution in [-0.4, -0.2) is 29.9 Å². The van der Waals surface area contributed by atoms with E-state index in [1.54, 1.807) is 0 Å². The molecule has 6 nitrogen and oxygen atoms in total. The molecule has 0 unspecified atom stereocenters. The van der Waals surface area contributed by atoms with E-state index in [0.717, 1.165) is 67.6 Å². The van der Waals surface area contributed by atoms with Gasteiger partial charge in [-0.3, -0.25) is 29.9 Å². The zero-order valence-corrected chi connectivity index (χ0v) is 26.6. The highest BCUT2D eigenvalue weighted by Crippen LogP contribution is 2.45. The van der Waals surface area contributed by atoms with Crippen molar-refractivity contribution < 1.29 is 0 Å². The molecule has 0 aliphatic heterocycles. The van der Waals surface area contributed by atoms with Gasteiger partial charge in [0.2, 0.25) is 0 Å². The van der Waals surface area contributed by atoms with Crippen LogP contribution in [0.5, 0.6) is 0 Å². The van der Waals surface area contributed by atoms with E-state index in [4.69, 9.17) is 0 Å². The van der Waals surface area contributed by atoms with Crippen molar-refractivity contribution in [3.05, 3.63) is 183 Å². The van der Waals surface area contributed by atoms with Crippen LogP contribution >= 0.6 is 0 Å². The van der Waals surface area contributed by atoms with E-state index in [-0.39, 0.29) is 0 Å². The van der Waals surface area contributed by atoms with Gasteiger partial charge in [0.05, 0.1) is 0 Å². The molecule has 0 aliphatic carbocycles. The number of pyridine rings is 6. The smallest absolute Gasteiger partial charge is 0.0273 e. The summed E-state index contributed by atoms with van der Waals surface area (Å²) in [5.41, 5.74) is 15.7. The minimum absolute atomic E-state index is 0.732. The predicted octanol–water partition coefficient (Wildman–Crippen LogP) is 9.65. The summed E-state index contributed by atoms with van der Waals surface area (Å²) >= 11 is 0. The molecule has 0 spiro atoms. The molecule has 0 amide bonds. The molecular formula is C43H30N6. The van der Waals surface area contributed by atoms with Crippen molar-refractivity contribution in [2.24, 2.45) is 0 Å². The summed E-state index contributed by atoms with van der Waals surface area (Å²) in [7, 11) is 0. The van der Waals surface area contributed by atoms with Gasteiger partial charge in [0, 0.05) is 74.4 Å². The maximum atomic E-state index is 4.34. The Morgan fingerprint density at radius 3 is 1.00 bits per heavy atom. The zero-order chi connectivity index (χ0) is 32.8. The van der Waals surface area contributed by atoms with Crippen LogP contribution in [0.15, 0.2) is 171 Å². The molecule has 8 rings (SSSR count). The maximum absolute atomic E-state index is 4.34. The number of hydrogen-bond acceptors (Lipinski definition) is 6. The summed E-state index contributed by atoms with van der Waals surface area (Å²) in [6.45, 7) is 0. The Morgan fingerprint density at radius 1 is 0.286 bits per heavy atom. The van der Waals surface area contributed by atoms with Crippen LogP contribution < -0.4 is 0 Å². The molecule has 0 saturated heterocycles. The largest absolute Gasteiger partial charge is 0.265 e. The van der Waals surface area contributed by atoms with Gasteiger partial charge in [-0.15, -0.1) is 0 Å². The third-order valence-corrected chi connectivity index (χ3v) is 8.75. The van der Waals surface area contributed by atoms with E-state index in [1.165, 1.54) is 16.7 Å². The van der Waals surface area contributed by atoms with Gasteiger partial charge >= 0.3 is 0 Å². The van der Waals surface area contributed by atoms with E-state index in [0.29, 0.717) is 0 Å². The molecule has 0 N–H and O–H groups in total. The van der Waals surface area contributed by atoms with Crippen LogP contribution in [-0.2, 0) is 6.42 Å². The first kappa shape index (κ1) is 29.7. The minimum atomic E-state index is 0.732. The molecule has 49 heavy (non-hydrogen) atoms. The third-order valence-electron chi connectivity index (χ3n) is 8.75. The first-order chi connectivity index (χ1) is 24.3. The highest BCUT2D eigenvalue weighted by Gasteiger charge is 2.20. The summed E-state index contributed by atoms with van der Waals surface area (Å²) in [6, 6.07) is 34.2. The normalized spacial score (nSPS) is 10.9. The van der Waals surface area contributed by atoms with Gasteiger partial charge in [0.25, 0.3) is 0 Å². The highest BCUT2D eigenvalue weighted by atomic mass is 14.6. The first-order valence-corrected chi connectivity index (χ1v) is 16.1. The van der Waals surface area contributed by atoms with Crippen LogP contribution in [0.25, 0.3) is 66.8 Å². The fraction of sp³-hybridized carbons (Fsp3) is 0.0233. The van der Waals surface area contributed by atoms with Crippen molar-refractivity contribution in [2.75, 3.05) is 0 Å². The second-order valence-electron chi connectivity index (χ2n) is 11.7. The molecule has 0 saturated carbocycles. The SMILES string of the molecule is c1cc(Cc2cc(-c3cc(-c4ccncc4)c(-c4ccncc4)c(-c4ccncc4)c3)cc(-c3ccncc3)c2-c2ccncc2)ccn1. The topological polar surface area (TPSA) is 77.3 Å². The predicted molar refractivity (Wildman–Crippen MR) is 195 cm³/mol. The van der Waals surface area contributed by atoms with Crippen LogP contribution in [0, 0.1) is 0 Å². The van der Waals surface area contributed by atoms with Gasteiger partial charge < -0.3 is 0 Å². The summed E-state index contributed by atoms with van der Waals surface area (Å²) in [4.78, 5) is 26.0. The van der Waals surface area contributed by atoms with Crippen molar-refractivity contribution >= 4 is 0 Å². The molecule has 0 fully saturated rings. The molecule has 0 atom stereocenters. The molecule has 0 radical (unpaired) electrons. The standard InChI is InChI=1S/C43H30N6/c1-13-44-14-2-30(1)25-38-26-36(27-39(31-3-15-45-16-4-31)42(38)34-9-21-48-22-10-34)37-28-40(32-5-17-46-18-6-32)43(35-11-23-49-24-12-35)41(29-37)33-7-19-47-20-8-33/h1-24,26-29H,25H2. The van der Waals surface area contributed by atoms with Crippen LogP contribution in [0.2, 0.25) is 0 Å². The second kappa shape index (κ2) is 13.6. The third kappa shape index (κ3) is 6.23. The van der Waals surface area contributed by atoms with E-state index in [1.807, 2.05) is 74.4 Å². The number of aromatic nitrogens is 6. The molecule has 8 aromatic rings. The number of rotatable bonds is 8. The lowest BCUT2D eigenvalue weighted by Gasteiger charge is -2.21. The average molecular weight is 631 g/mol. The lowest BCUT2D eigenvalue weighted by molar-refractivity contribution is 1.16. The molecule has 232 valence electrons. The molecule has 0 bridgehead atoms. The first-order valence-electron chi connectivity index (χ1n) is 16.1. The van der Waals surface area contributed by atoms with Gasteiger partial charge in [0.15, 0.2) is 0 Å². The molecule has 6 aromatic heterocycles. The fourth-order valence-electron chi connectivity index (χ4n) is 6.50. The number of nitrogens with zero attached hydrogens (tertiary/aromatic N) is 6. The van der Waals surface area contributed by atoms with E-state index in [2.05, 4.69) is 127 Å². The van der Waals surface area contributed by atoms with Gasteiger partial charge in [-0.25, -0.2) is 0 Å². The van der Waals surface area contributed by atoms with Gasteiger partial charge in [-0.2, -0.15) is 0 Å². The summed E-state index contributed by atoms with van der Waals surface area (Å²) in [5.74, 6) is 0. The van der Waals surface area contributed by atoms with Crippen molar-refractivity contribution in [3.63, 3.8) is 0 Å². The van der Waals surface area contributed by atoms with Crippen LogP contribution in [0.4, 0.5) is 0 Å². The lowest BCUT2D eigenvalue weighted by atomic mass is 9.82. The maximum Gasteiger partial charge on any atom is 0.0273 e. The Balaban J connectivity index is 1.45. The molecular weight excluding hydrogens is 601 g/mol. The quantitative estimate of drug-likeness (QED) is 0.166. The molecule has 6 heterocycles. The molecule has 0 aliphatic rings. The van der Waals surface area contributed by atoms with Crippen molar-refractivity contribution in [1.82, 2.24) is 29.9 Å². The van der Waals surface area contributed by atoms with Crippen molar-refractivity contribution in [3.8, 4) is 66.8 Å². The minimum Gasteiger partial charge on any atom is -0.265 e. The Labute approximate surface area is 285 Å². The Hall–Kier alpha value is -6.66.